The SMILES string of the molecule is CCCCS(=O)(=O)CC(N)c1ccc(CC(C)C)cc1. The first kappa shape index (κ1) is 17.2. The average molecular weight is 297 g/mol. The van der Waals surface area contributed by atoms with Crippen molar-refractivity contribution in [2.24, 2.45) is 11.7 Å². The third kappa shape index (κ3) is 6.06. The molecular formula is C16H27NO2S. The summed E-state index contributed by atoms with van der Waals surface area (Å²) in [5.74, 6) is 0.892. The molecule has 1 aromatic rings. The van der Waals surface area contributed by atoms with Gasteiger partial charge in [0.25, 0.3) is 0 Å². The smallest absolute Gasteiger partial charge is 0.152 e. The van der Waals surface area contributed by atoms with Crippen LogP contribution < -0.4 is 5.73 Å². The van der Waals surface area contributed by atoms with Gasteiger partial charge >= 0.3 is 0 Å². The van der Waals surface area contributed by atoms with Crippen LogP contribution in [0.25, 0.3) is 0 Å². The second-order valence-corrected chi connectivity index (χ2v) is 8.14. The van der Waals surface area contributed by atoms with Crippen LogP contribution in [-0.4, -0.2) is 19.9 Å². The van der Waals surface area contributed by atoms with Crippen molar-refractivity contribution in [3.8, 4) is 0 Å². The number of hydrogen-bond donors (Lipinski definition) is 1. The van der Waals surface area contributed by atoms with Crippen LogP contribution in [0.5, 0.6) is 0 Å². The maximum Gasteiger partial charge on any atom is 0.152 e. The molecule has 1 unspecified atom stereocenters. The summed E-state index contributed by atoms with van der Waals surface area (Å²) >= 11 is 0. The Labute approximate surface area is 123 Å². The molecule has 0 aliphatic heterocycles. The van der Waals surface area contributed by atoms with Gasteiger partial charge in [0.2, 0.25) is 0 Å². The van der Waals surface area contributed by atoms with E-state index in [-0.39, 0.29) is 11.5 Å². The topological polar surface area (TPSA) is 60.2 Å². The van der Waals surface area contributed by atoms with Gasteiger partial charge in [0, 0.05) is 6.04 Å². The molecule has 2 N–H and O–H groups in total. The number of rotatable bonds is 8. The minimum absolute atomic E-state index is 0.0382. The fraction of sp³-hybridized carbons (Fsp3) is 0.625. The Balaban J connectivity index is 2.65. The first-order valence-corrected chi connectivity index (χ1v) is 9.21. The number of sulfone groups is 1. The molecule has 0 heterocycles. The molecule has 1 atom stereocenters. The van der Waals surface area contributed by atoms with Crippen molar-refractivity contribution in [2.75, 3.05) is 11.5 Å². The van der Waals surface area contributed by atoms with Crippen LogP contribution >= 0.6 is 0 Å². The molecule has 0 amide bonds. The highest BCUT2D eigenvalue weighted by atomic mass is 32.2. The molecule has 0 aliphatic carbocycles. The predicted octanol–water partition coefficient (Wildman–Crippen LogP) is 3.10. The maximum absolute atomic E-state index is 11.9. The Morgan fingerprint density at radius 1 is 1.15 bits per heavy atom. The van der Waals surface area contributed by atoms with Crippen LogP contribution in [0.3, 0.4) is 0 Å². The van der Waals surface area contributed by atoms with Gasteiger partial charge in [-0.25, -0.2) is 8.42 Å². The molecule has 0 saturated carbocycles. The lowest BCUT2D eigenvalue weighted by Gasteiger charge is -2.13. The summed E-state index contributed by atoms with van der Waals surface area (Å²) in [6.07, 6.45) is 2.63. The summed E-state index contributed by atoms with van der Waals surface area (Å²) in [6, 6.07) is 7.59. The summed E-state index contributed by atoms with van der Waals surface area (Å²) in [5, 5.41) is 0. The zero-order valence-corrected chi connectivity index (χ0v) is 13.6. The lowest BCUT2D eigenvalue weighted by Crippen LogP contribution is -2.23. The molecule has 4 heteroatoms. The van der Waals surface area contributed by atoms with Gasteiger partial charge in [-0.15, -0.1) is 0 Å². The second kappa shape index (κ2) is 7.79. The summed E-state index contributed by atoms with van der Waals surface area (Å²) in [5.41, 5.74) is 8.19. The van der Waals surface area contributed by atoms with Crippen LogP contribution in [-0.2, 0) is 16.3 Å². The minimum atomic E-state index is -3.05. The molecule has 0 aliphatic rings. The van der Waals surface area contributed by atoms with Gasteiger partial charge in [0.05, 0.1) is 11.5 Å². The zero-order chi connectivity index (χ0) is 15.2. The second-order valence-electron chi connectivity index (χ2n) is 5.91. The number of nitrogens with two attached hydrogens (primary N) is 1. The van der Waals surface area contributed by atoms with Crippen molar-refractivity contribution in [2.45, 2.75) is 46.1 Å². The maximum atomic E-state index is 11.9. The normalized spacial score (nSPS) is 13.7. The quantitative estimate of drug-likeness (QED) is 0.802. The van der Waals surface area contributed by atoms with Crippen molar-refractivity contribution in [3.05, 3.63) is 35.4 Å². The fourth-order valence-electron chi connectivity index (χ4n) is 2.19. The molecule has 1 rings (SSSR count). The number of unbranched alkanes of at least 4 members (excludes halogenated alkanes) is 1. The standard InChI is InChI=1S/C16H27NO2S/c1-4-5-10-20(18,19)12-16(17)15-8-6-14(7-9-15)11-13(2)3/h6-9,13,16H,4-5,10-12,17H2,1-3H3. The average Bonchev–Trinajstić information content (AvgIpc) is 2.36. The van der Waals surface area contributed by atoms with Crippen LogP contribution in [0.1, 0.15) is 50.8 Å². The Morgan fingerprint density at radius 2 is 1.75 bits per heavy atom. The Morgan fingerprint density at radius 3 is 2.25 bits per heavy atom. The van der Waals surface area contributed by atoms with Crippen LogP contribution in [0.15, 0.2) is 24.3 Å². The van der Waals surface area contributed by atoms with E-state index >= 15 is 0 Å². The largest absolute Gasteiger partial charge is 0.323 e. The van der Waals surface area contributed by atoms with Crippen LogP contribution in [0.4, 0.5) is 0 Å². The van der Waals surface area contributed by atoms with Crippen molar-refractivity contribution in [3.63, 3.8) is 0 Å². The lowest BCUT2D eigenvalue weighted by molar-refractivity contribution is 0.585. The van der Waals surface area contributed by atoms with Crippen molar-refractivity contribution in [1.82, 2.24) is 0 Å². The molecule has 0 bridgehead atoms. The van der Waals surface area contributed by atoms with E-state index in [9.17, 15) is 8.42 Å². The molecule has 0 fully saturated rings. The first-order chi connectivity index (χ1) is 9.34. The molecule has 1 aromatic carbocycles. The van der Waals surface area contributed by atoms with Gasteiger partial charge in [-0.1, -0.05) is 51.5 Å². The van der Waals surface area contributed by atoms with Gasteiger partial charge in [0.15, 0.2) is 9.84 Å². The lowest BCUT2D eigenvalue weighted by atomic mass is 10.0. The van der Waals surface area contributed by atoms with Crippen molar-refractivity contribution < 1.29 is 8.42 Å². The molecule has 0 aromatic heterocycles. The van der Waals surface area contributed by atoms with Crippen molar-refractivity contribution >= 4 is 9.84 Å². The van der Waals surface area contributed by atoms with Gasteiger partial charge < -0.3 is 5.73 Å². The van der Waals surface area contributed by atoms with E-state index in [0.717, 1.165) is 18.4 Å². The highest BCUT2D eigenvalue weighted by Gasteiger charge is 2.17. The third-order valence-electron chi connectivity index (χ3n) is 3.29. The van der Waals surface area contributed by atoms with E-state index in [1.807, 2.05) is 31.2 Å². The number of benzene rings is 1. The van der Waals surface area contributed by atoms with E-state index in [1.54, 1.807) is 0 Å². The van der Waals surface area contributed by atoms with Crippen molar-refractivity contribution in [1.29, 1.82) is 0 Å². The first-order valence-electron chi connectivity index (χ1n) is 7.39. The van der Waals surface area contributed by atoms with E-state index in [1.165, 1.54) is 5.56 Å². The van der Waals surface area contributed by atoms with Gasteiger partial charge in [-0.05, 0) is 29.9 Å². The van der Waals surface area contributed by atoms with Gasteiger partial charge in [-0.2, -0.15) is 0 Å². The van der Waals surface area contributed by atoms with E-state index < -0.39 is 15.9 Å². The molecule has 0 spiro atoms. The van der Waals surface area contributed by atoms with Crippen LogP contribution in [0, 0.1) is 5.92 Å². The van der Waals surface area contributed by atoms with Crippen LogP contribution in [0.2, 0.25) is 0 Å². The summed E-state index contributed by atoms with van der Waals surface area (Å²) < 4.78 is 23.8. The Hall–Kier alpha value is -0.870. The highest BCUT2D eigenvalue weighted by Crippen LogP contribution is 2.16. The molecule has 20 heavy (non-hydrogen) atoms. The molecule has 114 valence electrons. The highest BCUT2D eigenvalue weighted by molar-refractivity contribution is 7.91. The van der Waals surface area contributed by atoms with E-state index in [0.29, 0.717) is 12.3 Å². The molecule has 0 radical (unpaired) electrons. The Bertz CT molecular complexity index is 492. The molecule has 0 saturated heterocycles. The fourth-order valence-corrected chi connectivity index (χ4v) is 3.82. The van der Waals surface area contributed by atoms with E-state index in [4.69, 9.17) is 5.73 Å². The predicted molar refractivity (Wildman–Crippen MR) is 85.5 cm³/mol. The summed E-state index contributed by atoms with van der Waals surface area (Å²) in [7, 11) is -3.05. The number of hydrogen-bond acceptors (Lipinski definition) is 3. The minimum Gasteiger partial charge on any atom is -0.323 e. The molecule has 3 nitrogen and oxygen atoms in total. The van der Waals surface area contributed by atoms with Gasteiger partial charge in [-0.3, -0.25) is 0 Å². The Kier molecular flexibility index (Phi) is 6.69. The van der Waals surface area contributed by atoms with E-state index in [2.05, 4.69) is 13.8 Å². The summed E-state index contributed by atoms with van der Waals surface area (Å²) in [4.78, 5) is 0. The molecular weight excluding hydrogens is 270 g/mol. The monoisotopic (exact) mass is 297 g/mol. The zero-order valence-electron chi connectivity index (χ0n) is 12.8. The third-order valence-corrected chi connectivity index (χ3v) is 5.07. The summed E-state index contributed by atoms with van der Waals surface area (Å²) in [6.45, 7) is 6.35. The van der Waals surface area contributed by atoms with Gasteiger partial charge in [0.1, 0.15) is 0 Å².